The first-order valence-corrected chi connectivity index (χ1v) is 15.9. The van der Waals surface area contributed by atoms with Crippen molar-refractivity contribution in [3.63, 3.8) is 0 Å². The number of nitrogens with zero attached hydrogens (tertiary/aromatic N) is 2. The minimum atomic E-state index is -4.38. The fraction of sp³-hybridized carbons (Fsp3) is 0.389. The molecule has 0 spiro atoms. The van der Waals surface area contributed by atoms with Crippen LogP contribution in [0.3, 0.4) is 0 Å². The molecule has 3 heterocycles. The first-order valence-electron chi connectivity index (χ1n) is 15.9. The highest BCUT2D eigenvalue weighted by Crippen LogP contribution is 2.34. The van der Waals surface area contributed by atoms with Gasteiger partial charge < -0.3 is 20.9 Å². The van der Waals surface area contributed by atoms with Gasteiger partial charge in [-0.15, -0.1) is 0 Å². The van der Waals surface area contributed by atoms with Crippen LogP contribution in [0.5, 0.6) is 0 Å². The van der Waals surface area contributed by atoms with E-state index in [0.29, 0.717) is 17.2 Å². The van der Waals surface area contributed by atoms with Gasteiger partial charge in [0.2, 0.25) is 0 Å². The maximum Gasteiger partial charge on any atom is 0.416 e. The molecule has 6 nitrogen and oxygen atoms in total. The number of likely N-dealkylation sites (tertiary alicyclic amines) is 1. The Hall–Kier alpha value is -3.95. The highest BCUT2D eigenvalue weighted by atomic mass is 19.4. The van der Waals surface area contributed by atoms with Gasteiger partial charge in [0.1, 0.15) is 5.82 Å². The van der Waals surface area contributed by atoms with Crippen LogP contribution in [0.1, 0.15) is 60.3 Å². The summed E-state index contributed by atoms with van der Waals surface area (Å²) in [5, 5.41) is 11.8. The Morgan fingerprint density at radius 3 is 2.42 bits per heavy atom. The predicted molar refractivity (Wildman–Crippen MR) is 173 cm³/mol. The third-order valence-electron chi connectivity index (χ3n) is 9.14. The molecule has 236 valence electrons. The molecule has 1 amide bonds. The second kappa shape index (κ2) is 13.6. The van der Waals surface area contributed by atoms with Gasteiger partial charge in [-0.3, -0.25) is 4.79 Å². The minimum absolute atomic E-state index is 0.217. The number of pyridine rings is 1. The van der Waals surface area contributed by atoms with Crippen molar-refractivity contribution in [3.05, 3.63) is 95.7 Å². The molecule has 45 heavy (non-hydrogen) atoms. The second-order valence-electron chi connectivity index (χ2n) is 12.4. The zero-order valence-electron chi connectivity index (χ0n) is 25.5. The maximum atomic E-state index is 13.3. The van der Waals surface area contributed by atoms with Crippen LogP contribution in [-0.2, 0) is 6.18 Å². The van der Waals surface area contributed by atoms with Crippen LogP contribution in [0.25, 0.3) is 21.9 Å². The Morgan fingerprint density at radius 1 is 0.956 bits per heavy atom. The predicted octanol–water partition coefficient (Wildman–Crippen LogP) is 7.29. The summed E-state index contributed by atoms with van der Waals surface area (Å²) < 4.78 is 39.1. The number of anilines is 1. The molecule has 0 unspecified atom stereocenters. The number of piperidine rings is 2. The van der Waals surface area contributed by atoms with Crippen molar-refractivity contribution >= 4 is 22.5 Å². The monoisotopic (exact) mass is 615 g/mol. The number of alkyl halides is 3. The lowest BCUT2D eigenvalue weighted by molar-refractivity contribution is -0.137. The van der Waals surface area contributed by atoms with E-state index in [1.807, 2.05) is 55.5 Å². The molecule has 2 aliphatic heterocycles. The summed E-state index contributed by atoms with van der Waals surface area (Å²) in [6.07, 6.45) is 0.347. The van der Waals surface area contributed by atoms with E-state index in [4.69, 9.17) is 4.98 Å². The van der Waals surface area contributed by atoms with Crippen molar-refractivity contribution in [2.45, 2.75) is 50.9 Å². The van der Waals surface area contributed by atoms with E-state index in [0.717, 1.165) is 84.9 Å². The summed E-state index contributed by atoms with van der Waals surface area (Å²) in [6.45, 7) is 7.61. The van der Waals surface area contributed by atoms with Gasteiger partial charge in [0, 0.05) is 31.2 Å². The normalized spacial score (nSPS) is 17.7. The number of rotatable bonds is 8. The van der Waals surface area contributed by atoms with Crippen molar-refractivity contribution in [2.24, 2.45) is 5.92 Å². The van der Waals surface area contributed by atoms with Gasteiger partial charge in [-0.2, -0.15) is 13.2 Å². The highest BCUT2D eigenvalue weighted by molar-refractivity contribution is 6.02. The standard InChI is InChI=1S/C36H40F3N5O/c1-24(33-6-3-7-34(43-33)42-30-16-20-44(21-17-30)23-25-14-18-40-19-15-25)41-35(45)28-10-13-32-27(22-28)4-2-5-31(32)26-8-11-29(12-9-26)36(37,38)39/h2-13,22,24-25,30,40H,14-21,23H2,1H3,(H,41,45)(H,42,43)/t24-/m0/s1. The zero-order chi connectivity index (χ0) is 31.4. The number of hydrogen-bond acceptors (Lipinski definition) is 5. The van der Waals surface area contributed by atoms with E-state index >= 15 is 0 Å². The van der Waals surface area contributed by atoms with Gasteiger partial charge in [0.25, 0.3) is 5.91 Å². The van der Waals surface area contributed by atoms with E-state index in [-0.39, 0.29) is 11.9 Å². The van der Waals surface area contributed by atoms with E-state index in [1.165, 1.54) is 31.5 Å². The summed E-state index contributed by atoms with van der Waals surface area (Å²) >= 11 is 0. The largest absolute Gasteiger partial charge is 0.416 e. The molecule has 0 radical (unpaired) electrons. The molecule has 2 saturated heterocycles. The van der Waals surface area contributed by atoms with Gasteiger partial charge in [-0.25, -0.2) is 4.98 Å². The minimum Gasteiger partial charge on any atom is -0.367 e. The van der Waals surface area contributed by atoms with E-state index in [1.54, 1.807) is 6.07 Å². The number of hydrogen-bond donors (Lipinski definition) is 3. The van der Waals surface area contributed by atoms with Crippen LogP contribution >= 0.6 is 0 Å². The number of carbonyl (C=O) groups is 1. The molecule has 1 atom stereocenters. The SMILES string of the molecule is C[C@H](NC(=O)c1ccc2c(-c3ccc(C(F)(F)F)cc3)cccc2c1)c1cccc(NC2CCN(CC3CCNCC3)CC2)n1. The molecule has 3 aromatic carbocycles. The fourth-order valence-electron chi connectivity index (χ4n) is 6.54. The number of benzene rings is 3. The highest BCUT2D eigenvalue weighted by Gasteiger charge is 2.30. The van der Waals surface area contributed by atoms with Gasteiger partial charge in [0.15, 0.2) is 0 Å². The van der Waals surface area contributed by atoms with Crippen molar-refractivity contribution in [1.29, 1.82) is 0 Å². The number of fused-ring (bicyclic) bond motifs is 1. The van der Waals surface area contributed by atoms with Gasteiger partial charge in [-0.1, -0.05) is 42.5 Å². The molecule has 0 bridgehead atoms. The van der Waals surface area contributed by atoms with Crippen LogP contribution in [0.2, 0.25) is 0 Å². The molecule has 2 aliphatic rings. The summed E-state index contributed by atoms with van der Waals surface area (Å²) in [6, 6.07) is 22.1. The molecular formula is C36H40F3N5O. The van der Waals surface area contributed by atoms with Crippen LogP contribution in [0.15, 0.2) is 78.9 Å². The Labute approximate surface area is 262 Å². The Balaban J connectivity index is 1.06. The van der Waals surface area contributed by atoms with Gasteiger partial charge in [0.05, 0.1) is 17.3 Å². The number of nitrogens with one attached hydrogen (secondary N) is 3. The van der Waals surface area contributed by atoms with E-state index in [2.05, 4.69) is 20.9 Å². The van der Waals surface area contributed by atoms with E-state index in [9.17, 15) is 18.0 Å². The topological polar surface area (TPSA) is 69.3 Å². The average Bonchev–Trinajstić information content (AvgIpc) is 3.05. The Bertz CT molecular complexity index is 1610. The zero-order valence-corrected chi connectivity index (χ0v) is 25.5. The van der Waals surface area contributed by atoms with Crippen molar-refractivity contribution in [2.75, 3.05) is 38.0 Å². The molecular weight excluding hydrogens is 575 g/mol. The third kappa shape index (κ3) is 7.65. The third-order valence-corrected chi connectivity index (χ3v) is 9.14. The summed E-state index contributed by atoms with van der Waals surface area (Å²) in [7, 11) is 0. The fourth-order valence-corrected chi connectivity index (χ4v) is 6.54. The van der Waals surface area contributed by atoms with Gasteiger partial charge in [-0.05, 0) is 110 Å². The summed E-state index contributed by atoms with van der Waals surface area (Å²) in [5.41, 5.74) is 2.09. The lowest BCUT2D eigenvalue weighted by Crippen LogP contribution is -2.43. The summed E-state index contributed by atoms with van der Waals surface area (Å²) in [4.78, 5) is 20.7. The second-order valence-corrected chi connectivity index (χ2v) is 12.4. The number of amides is 1. The lowest BCUT2D eigenvalue weighted by atomic mass is 9.96. The van der Waals surface area contributed by atoms with Crippen molar-refractivity contribution < 1.29 is 18.0 Å². The average molecular weight is 616 g/mol. The maximum absolute atomic E-state index is 13.3. The lowest BCUT2D eigenvalue weighted by Gasteiger charge is -2.35. The van der Waals surface area contributed by atoms with Crippen LogP contribution in [0.4, 0.5) is 19.0 Å². The van der Waals surface area contributed by atoms with Crippen LogP contribution in [0, 0.1) is 5.92 Å². The van der Waals surface area contributed by atoms with E-state index < -0.39 is 11.7 Å². The quantitative estimate of drug-likeness (QED) is 0.194. The number of carbonyl (C=O) groups excluding carboxylic acids is 1. The molecule has 0 aliphatic carbocycles. The number of aromatic nitrogens is 1. The van der Waals surface area contributed by atoms with Crippen LogP contribution < -0.4 is 16.0 Å². The molecule has 0 saturated carbocycles. The molecule has 3 N–H and O–H groups in total. The van der Waals surface area contributed by atoms with Gasteiger partial charge >= 0.3 is 6.18 Å². The summed E-state index contributed by atoms with van der Waals surface area (Å²) in [5.74, 6) is 1.42. The molecule has 1 aromatic heterocycles. The smallest absolute Gasteiger partial charge is 0.367 e. The first-order chi connectivity index (χ1) is 21.7. The Morgan fingerprint density at radius 2 is 1.69 bits per heavy atom. The van der Waals surface area contributed by atoms with Crippen LogP contribution in [-0.4, -0.2) is 54.6 Å². The van der Waals surface area contributed by atoms with Crippen molar-refractivity contribution in [3.8, 4) is 11.1 Å². The molecule has 6 rings (SSSR count). The number of halogens is 3. The molecule has 4 aromatic rings. The molecule has 2 fully saturated rings. The first kappa shape index (κ1) is 31.0. The Kier molecular flexibility index (Phi) is 9.37. The van der Waals surface area contributed by atoms with Crippen molar-refractivity contribution in [1.82, 2.24) is 20.5 Å². The molecule has 9 heteroatoms.